The van der Waals surface area contributed by atoms with Crippen molar-refractivity contribution in [2.24, 2.45) is 5.92 Å². The summed E-state index contributed by atoms with van der Waals surface area (Å²) >= 11 is 0. The number of benzene rings is 2. The Bertz CT molecular complexity index is 1410. The van der Waals surface area contributed by atoms with E-state index in [4.69, 9.17) is 9.47 Å². The van der Waals surface area contributed by atoms with E-state index in [1.54, 1.807) is 35.9 Å². The molecular weight excluding hydrogens is 655 g/mol. The monoisotopic (exact) mass is 707 g/mol. The summed E-state index contributed by atoms with van der Waals surface area (Å²) in [6.07, 6.45) is -1.72. The third-order valence-electron chi connectivity index (χ3n) is 8.66. The number of aliphatic hydroxyl groups is 1. The van der Waals surface area contributed by atoms with Crippen LogP contribution in [0.5, 0.6) is 5.75 Å². The van der Waals surface area contributed by atoms with Crippen molar-refractivity contribution in [1.29, 1.82) is 0 Å². The van der Waals surface area contributed by atoms with Gasteiger partial charge in [0.25, 0.3) is 5.91 Å². The van der Waals surface area contributed by atoms with E-state index in [0.717, 1.165) is 50.1 Å². The molecule has 2 aromatic carbocycles. The summed E-state index contributed by atoms with van der Waals surface area (Å²) < 4.78 is 51.4. The quantitative estimate of drug-likeness (QED) is 0.279. The molecule has 0 saturated carbocycles. The van der Waals surface area contributed by atoms with Gasteiger partial charge in [-0.3, -0.25) is 9.59 Å². The van der Waals surface area contributed by atoms with E-state index in [2.05, 4.69) is 10.6 Å². The van der Waals surface area contributed by atoms with Gasteiger partial charge < -0.3 is 39.9 Å². The van der Waals surface area contributed by atoms with Gasteiger partial charge >= 0.3 is 12.2 Å². The van der Waals surface area contributed by atoms with Crippen LogP contribution in [0.15, 0.2) is 42.5 Å². The molecule has 0 unspecified atom stereocenters. The second-order valence-electron chi connectivity index (χ2n) is 13.3. The molecule has 3 rings (SSSR count). The highest BCUT2D eigenvalue weighted by molar-refractivity contribution is 6.02. The molecule has 50 heavy (non-hydrogen) atoms. The minimum atomic E-state index is -4.50. The fraction of sp³-hybridized carbons (Fsp3) is 0.583. The molecule has 1 aliphatic rings. The zero-order chi connectivity index (χ0) is 37.0. The number of anilines is 2. The summed E-state index contributed by atoms with van der Waals surface area (Å²) in [5.41, 5.74) is -0.275. The fourth-order valence-corrected chi connectivity index (χ4v) is 5.61. The molecule has 0 fully saturated rings. The first kappa shape index (κ1) is 40.5. The lowest BCUT2D eigenvalue weighted by atomic mass is 10.0. The number of aliphatic hydroxyl groups excluding tert-OH is 1. The van der Waals surface area contributed by atoms with Crippen molar-refractivity contribution in [2.45, 2.75) is 77.3 Å². The summed E-state index contributed by atoms with van der Waals surface area (Å²) in [6, 6.07) is 7.38. The van der Waals surface area contributed by atoms with Crippen LogP contribution in [0.4, 0.5) is 29.3 Å². The summed E-state index contributed by atoms with van der Waals surface area (Å²) in [4.78, 5) is 45.3. The number of amides is 4. The number of rotatable bonds is 10. The van der Waals surface area contributed by atoms with E-state index in [1.165, 1.54) is 6.07 Å². The Kier molecular flexibility index (Phi) is 15.3. The van der Waals surface area contributed by atoms with E-state index in [0.29, 0.717) is 31.7 Å². The van der Waals surface area contributed by atoms with Gasteiger partial charge in [-0.05, 0) is 103 Å². The minimum absolute atomic E-state index is 0.0148. The maximum absolute atomic E-state index is 14.3. The summed E-state index contributed by atoms with van der Waals surface area (Å²) in [6.45, 7) is 7.10. The lowest BCUT2D eigenvalue weighted by molar-refractivity contribution is -0.137. The summed E-state index contributed by atoms with van der Waals surface area (Å²) in [5.74, 6) is -0.337. The van der Waals surface area contributed by atoms with Gasteiger partial charge in [-0.1, -0.05) is 6.92 Å². The highest BCUT2D eigenvalue weighted by atomic mass is 19.4. The Hall–Kier alpha value is -3.88. The predicted octanol–water partition coefficient (Wildman–Crippen LogP) is 5.95. The molecular formula is C36H52F3N5O6. The van der Waals surface area contributed by atoms with Gasteiger partial charge in [-0.15, -0.1) is 0 Å². The van der Waals surface area contributed by atoms with Gasteiger partial charge in [0.2, 0.25) is 5.91 Å². The number of urea groups is 1. The maximum Gasteiger partial charge on any atom is 0.416 e. The Morgan fingerprint density at radius 1 is 1.04 bits per heavy atom. The van der Waals surface area contributed by atoms with E-state index in [9.17, 15) is 32.7 Å². The van der Waals surface area contributed by atoms with Crippen molar-refractivity contribution >= 4 is 29.2 Å². The number of hydrogen-bond donors (Lipinski definition) is 3. The van der Waals surface area contributed by atoms with Crippen LogP contribution in [0.25, 0.3) is 0 Å². The highest BCUT2D eigenvalue weighted by Crippen LogP contribution is 2.31. The molecule has 0 bridgehead atoms. The molecule has 0 saturated heterocycles. The van der Waals surface area contributed by atoms with Crippen molar-refractivity contribution in [3.63, 3.8) is 0 Å². The topological polar surface area (TPSA) is 124 Å². The third-order valence-corrected chi connectivity index (χ3v) is 8.66. The Morgan fingerprint density at radius 2 is 1.70 bits per heavy atom. The van der Waals surface area contributed by atoms with Gasteiger partial charge in [0.15, 0.2) is 0 Å². The average molecular weight is 708 g/mol. The van der Waals surface area contributed by atoms with Gasteiger partial charge in [0, 0.05) is 50.5 Å². The van der Waals surface area contributed by atoms with Crippen LogP contribution in [0, 0.1) is 5.92 Å². The van der Waals surface area contributed by atoms with Crippen molar-refractivity contribution in [3.05, 3.63) is 53.6 Å². The number of ether oxygens (including phenoxy) is 2. The van der Waals surface area contributed by atoms with E-state index in [-0.39, 0.29) is 54.1 Å². The van der Waals surface area contributed by atoms with Crippen LogP contribution in [0.2, 0.25) is 0 Å². The van der Waals surface area contributed by atoms with Crippen molar-refractivity contribution in [3.8, 4) is 5.75 Å². The molecule has 0 aromatic heterocycles. The zero-order valence-corrected chi connectivity index (χ0v) is 29.9. The molecule has 11 nitrogen and oxygen atoms in total. The molecule has 4 amide bonds. The lowest BCUT2D eigenvalue weighted by Crippen LogP contribution is -2.48. The summed E-state index contributed by atoms with van der Waals surface area (Å²) in [7, 11) is 5.69. The van der Waals surface area contributed by atoms with Crippen LogP contribution in [-0.4, -0.2) is 110 Å². The number of likely N-dealkylation sites (N-methyl/N-ethyl adjacent to an activating group) is 1. The molecule has 1 aliphatic heterocycles. The van der Waals surface area contributed by atoms with E-state index >= 15 is 0 Å². The van der Waals surface area contributed by atoms with Crippen LogP contribution in [-0.2, 0) is 15.7 Å². The molecule has 0 radical (unpaired) electrons. The normalized spacial score (nSPS) is 19.9. The minimum Gasteiger partial charge on any atom is -0.490 e. The van der Waals surface area contributed by atoms with Crippen LogP contribution >= 0.6 is 0 Å². The smallest absolute Gasteiger partial charge is 0.416 e. The first-order valence-electron chi connectivity index (χ1n) is 17.1. The Balaban J connectivity index is 1.86. The Morgan fingerprint density at radius 3 is 2.34 bits per heavy atom. The number of nitrogens with one attached hydrogen (secondary N) is 2. The van der Waals surface area contributed by atoms with Gasteiger partial charge in [-0.25, -0.2) is 4.79 Å². The first-order chi connectivity index (χ1) is 23.6. The highest BCUT2D eigenvalue weighted by Gasteiger charge is 2.32. The standard InChI is InChI=1S/C36H52F3N5O6/c1-24-21-44(25(2)23-45)34(47)30-20-29(41-35(48)40-28-14-12-27(13-15-28)36(37,38)39)16-17-31(30)50-26(3)10-7-8-19-49-32(24)22-43(6)33(46)11-9-18-42(4)5/h12-17,20,24-26,32,45H,7-11,18-19,21-23H2,1-6H3,(H2,40,41,48)/t24-,25-,26+,32-/m0/s1. The van der Waals surface area contributed by atoms with Gasteiger partial charge in [0.1, 0.15) is 5.75 Å². The van der Waals surface area contributed by atoms with Crippen molar-refractivity contribution < 1.29 is 42.1 Å². The number of nitrogens with zero attached hydrogens (tertiary/aromatic N) is 3. The van der Waals surface area contributed by atoms with Crippen LogP contribution in [0.1, 0.15) is 68.8 Å². The second kappa shape index (κ2) is 18.9. The van der Waals surface area contributed by atoms with Crippen molar-refractivity contribution in [2.75, 3.05) is 64.6 Å². The fourth-order valence-electron chi connectivity index (χ4n) is 5.61. The molecule has 0 aliphatic carbocycles. The number of fused-ring (bicyclic) bond motifs is 1. The number of alkyl halides is 3. The number of carbonyl (C=O) groups is 3. The molecule has 14 heteroatoms. The Labute approximate surface area is 293 Å². The number of halogens is 3. The maximum atomic E-state index is 14.3. The third kappa shape index (κ3) is 12.5. The van der Waals surface area contributed by atoms with Gasteiger partial charge in [-0.2, -0.15) is 13.2 Å². The molecule has 3 N–H and O–H groups in total. The number of hydrogen-bond acceptors (Lipinski definition) is 7. The lowest BCUT2D eigenvalue weighted by Gasteiger charge is -2.36. The SMILES string of the molecule is C[C@@H]1CCCCO[C@@H](CN(C)C(=O)CCCN(C)C)[C@@H](C)CN([C@@H](C)CO)C(=O)c2cc(NC(=O)Nc3ccc(C(F)(F)F)cc3)ccc2O1. The zero-order valence-electron chi connectivity index (χ0n) is 29.9. The second-order valence-corrected chi connectivity index (χ2v) is 13.3. The molecule has 278 valence electrons. The van der Waals surface area contributed by atoms with Crippen molar-refractivity contribution in [1.82, 2.24) is 14.7 Å². The summed E-state index contributed by atoms with van der Waals surface area (Å²) in [5, 5.41) is 15.3. The van der Waals surface area contributed by atoms with Gasteiger partial charge in [0.05, 0.1) is 36.0 Å². The largest absolute Gasteiger partial charge is 0.490 e. The number of carbonyl (C=O) groups excluding carboxylic acids is 3. The first-order valence-corrected chi connectivity index (χ1v) is 17.1. The van der Waals surface area contributed by atoms with Crippen LogP contribution < -0.4 is 15.4 Å². The molecule has 2 aromatic rings. The van der Waals surface area contributed by atoms with E-state index in [1.807, 2.05) is 32.8 Å². The average Bonchev–Trinajstić information content (AvgIpc) is 3.05. The predicted molar refractivity (Wildman–Crippen MR) is 186 cm³/mol. The molecule has 0 spiro atoms. The molecule has 4 atom stereocenters. The van der Waals surface area contributed by atoms with Crippen LogP contribution in [0.3, 0.4) is 0 Å². The molecule has 1 heterocycles. The van der Waals surface area contributed by atoms with E-state index < -0.39 is 29.7 Å².